The second kappa shape index (κ2) is 5.25. The number of hydrogen-bond acceptors (Lipinski definition) is 3. The number of aromatic nitrogens is 3. The number of para-hydroxylation sites is 2. The zero-order valence-corrected chi connectivity index (χ0v) is 13.0. The molecule has 0 N–H and O–H groups in total. The molecule has 0 saturated carbocycles. The average Bonchev–Trinajstić information content (AvgIpc) is 2.76. The van der Waals surface area contributed by atoms with Crippen LogP contribution in [-0.2, 0) is 13.6 Å². The summed E-state index contributed by atoms with van der Waals surface area (Å²) in [6.07, 6.45) is 3.64. The Bertz CT molecular complexity index is 750. The smallest absolute Gasteiger partial charge is 0.129 e. The van der Waals surface area contributed by atoms with Gasteiger partial charge in [0.15, 0.2) is 0 Å². The van der Waals surface area contributed by atoms with E-state index in [4.69, 9.17) is 0 Å². The first-order valence-corrected chi connectivity index (χ1v) is 7.16. The van der Waals surface area contributed by atoms with Crippen molar-refractivity contribution in [3.8, 4) is 0 Å². The van der Waals surface area contributed by atoms with Crippen LogP contribution in [0, 0.1) is 0 Å². The summed E-state index contributed by atoms with van der Waals surface area (Å²) in [5.74, 6) is 1.04. The molecule has 0 radical (unpaired) electrons. The minimum Gasteiger partial charge on any atom is -0.366 e. The molecule has 4 nitrogen and oxygen atoms in total. The standard InChI is InChI=1S/C15H15BrN4/c1-19(12-7-11(16)8-17-9-12)10-15-18-13-5-3-4-6-14(13)20(15)2/h3-9H,10H2,1-2H3. The molecule has 0 aliphatic heterocycles. The van der Waals surface area contributed by atoms with Crippen molar-refractivity contribution in [1.29, 1.82) is 0 Å². The van der Waals surface area contributed by atoms with Crippen molar-refractivity contribution in [2.75, 3.05) is 11.9 Å². The van der Waals surface area contributed by atoms with E-state index in [0.29, 0.717) is 0 Å². The van der Waals surface area contributed by atoms with Crippen LogP contribution < -0.4 is 4.90 Å². The monoisotopic (exact) mass is 330 g/mol. The number of rotatable bonds is 3. The SMILES string of the molecule is CN(Cc1nc2ccccc2n1C)c1cncc(Br)c1. The largest absolute Gasteiger partial charge is 0.366 e. The maximum Gasteiger partial charge on any atom is 0.129 e. The highest BCUT2D eigenvalue weighted by Gasteiger charge is 2.10. The minimum atomic E-state index is 0.739. The van der Waals surface area contributed by atoms with Crippen LogP contribution in [0.1, 0.15) is 5.82 Å². The van der Waals surface area contributed by atoms with Crippen molar-refractivity contribution in [3.05, 3.63) is 53.0 Å². The molecular formula is C15H15BrN4. The maximum absolute atomic E-state index is 4.69. The molecule has 102 valence electrons. The molecule has 0 aliphatic rings. The highest BCUT2D eigenvalue weighted by molar-refractivity contribution is 9.10. The average molecular weight is 331 g/mol. The molecule has 1 aromatic carbocycles. The fraction of sp³-hybridized carbons (Fsp3) is 0.200. The molecule has 3 aromatic rings. The maximum atomic E-state index is 4.69. The number of fused-ring (bicyclic) bond motifs is 1. The van der Waals surface area contributed by atoms with Gasteiger partial charge in [0, 0.05) is 24.8 Å². The zero-order valence-electron chi connectivity index (χ0n) is 11.4. The quantitative estimate of drug-likeness (QED) is 0.738. The summed E-state index contributed by atoms with van der Waals surface area (Å²) in [4.78, 5) is 11.0. The van der Waals surface area contributed by atoms with E-state index >= 15 is 0 Å². The van der Waals surface area contributed by atoms with Gasteiger partial charge in [-0.2, -0.15) is 0 Å². The molecule has 0 aliphatic carbocycles. The lowest BCUT2D eigenvalue weighted by Crippen LogP contribution is -2.19. The van der Waals surface area contributed by atoms with Gasteiger partial charge < -0.3 is 9.47 Å². The summed E-state index contributed by atoms with van der Waals surface area (Å²) in [6.45, 7) is 0.739. The molecule has 0 spiro atoms. The number of hydrogen-bond donors (Lipinski definition) is 0. The van der Waals surface area contributed by atoms with Crippen LogP contribution in [0.15, 0.2) is 47.2 Å². The van der Waals surface area contributed by atoms with E-state index in [1.54, 1.807) is 6.20 Å². The van der Waals surface area contributed by atoms with Crippen LogP contribution in [0.25, 0.3) is 11.0 Å². The highest BCUT2D eigenvalue weighted by atomic mass is 79.9. The predicted molar refractivity (Wildman–Crippen MR) is 84.8 cm³/mol. The van der Waals surface area contributed by atoms with Gasteiger partial charge in [-0.3, -0.25) is 4.98 Å². The lowest BCUT2D eigenvalue weighted by Gasteiger charge is -2.18. The summed E-state index contributed by atoms with van der Waals surface area (Å²) >= 11 is 3.45. The van der Waals surface area contributed by atoms with Crippen molar-refractivity contribution >= 4 is 32.7 Å². The molecule has 2 aromatic heterocycles. The fourth-order valence-corrected chi connectivity index (χ4v) is 2.60. The minimum absolute atomic E-state index is 0.739. The summed E-state index contributed by atoms with van der Waals surface area (Å²) in [5.41, 5.74) is 3.25. The Morgan fingerprint density at radius 2 is 2.05 bits per heavy atom. The van der Waals surface area contributed by atoms with E-state index < -0.39 is 0 Å². The predicted octanol–water partition coefficient (Wildman–Crippen LogP) is 3.37. The first kappa shape index (κ1) is 13.1. The summed E-state index contributed by atoms with van der Waals surface area (Å²) in [6, 6.07) is 10.2. The first-order chi connectivity index (χ1) is 9.65. The van der Waals surface area contributed by atoms with Gasteiger partial charge in [0.1, 0.15) is 5.82 Å². The Kier molecular flexibility index (Phi) is 3.44. The lowest BCUT2D eigenvalue weighted by atomic mass is 10.3. The molecule has 0 amide bonds. The first-order valence-electron chi connectivity index (χ1n) is 6.37. The molecule has 0 bridgehead atoms. The van der Waals surface area contributed by atoms with E-state index in [9.17, 15) is 0 Å². The van der Waals surface area contributed by atoms with Gasteiger partial charge >= 0.3 is 0 Å². The second-order valence-electron chi connectivity index (χ2n) is 4.79. The fourth-order valence-electron chi connectivity index (χ4n) is 2.25. The van der Waals surface area contributed by atoms with Crippen LogP contribution in [0.3, 0.4) is 0 Å². The Labute approximate surface area is 126 Å². The molecule has 2 heterocycles. The molecule has 5 heteroatoms. The summed E-state index contributed by atoms with van der Waals surface area (Å²) < 4.78 is 3.11. The van der Waals surface area contributed by atoms with Crippen molar-refractivity contribution in [3.63, 3.8) is 0 Å². The van der Waals surface area contributed by atoms with E-state index in [0.717, 1.165) is 33.6 Å². The summed E-state index contributed by atoms with van der Waals surface area (Å²) in [7, 11) is 4.10. The van der Waals surface area contributed by atoms with Crippen LogP contribution in [0.2, 0.25) is 0 Å². The van der Waals surface area contributed by atoms with Crippen LogP contribution >= 0.6 is 15.9 Å². The molecule has 0 fully saturated rings. The molecule has 0 atom stereocenters. The molecule has 3 rings (SSSR count). The number of aryl methyl sites for hydroxylation is 1. The molecule has 20 heavy (non-hydrogen) atoms. The Morgan fingerprint density at radius 3 is 2.80 bits per heavy atom. The Hall–Kier alpha value is -1.88. The second-order valence-corrected chi connectivity index (χ2v) is 5.71. The van der Waals surface area contributed by atoms with Crippen LogP contribution in [0.4, 0.5) is 5.69 Å². The normalized spacial score (nSPS) is 10.9. The van der Waals surface area contributed by atoms with E-state index in [2.05, 4.69) is 54.5 Å². The van der Waals surface area contributed by atoms with Gasteiger partial charge in [0.05, 0.1) is 29.5 Å². The highest BCUT2D eigenvalue weighted by Crippen LogP contribution is 2.20. The van der Waals surface area contributed by atoms with Crippen molar-refractivity contribution in [2.45, 2.75) is 6.54 Å². The lowest BCUT2D eigenvalue weighted by molar-refractivity contribution is 0.774. The van der Waals surface area contributed by atoms with Gasteiger partial charge in [-0.05, 0) is 34.1 Å². The van der Waals surface area contributed by atoms with Gasteiger partial charge in [-0.25, -0.2) is 4.98 Å². The number of benzene rings is 1. The molecule has 0 unspecified atom stereocenters. The zero-order chi connectivity index (χ0) is 14.1. The third-order valence-electron chi connectivity index (χ3n) is 3.39. The van der Waals surface area contributed by atoms with Crippen molar-refractivity contribution in [2.24, 2.45) is 7.05 Å². The summed E-state index contributed by atoms with van der Waals surface area (Å²) in [5, 5.41) is 0. The van der Waals surface area contributed by atoms with E-state index in [1.807, 2.05) is 31.4 Å². The van der Waals surface area contributed by atoms with Gasteiger partial charge in [0.2, 0.25) is 0 Å². The van der Waals surface area contributed by atoms with Gasteiger partial charge in [-0.1, -0.05) is 12.1 Å². The molecular weight excluding hydrogens is 316 g/mol. The van der Waals surface area contributed by atoms with Crippen LogP contribution in [-0.4, -0.2) is 21.6 Å². The third kappa shape index (κ3) is 2.41. The number of halogens is 1. The molecule has 0 saturated heterocycles. The van der Waals surface area contributed by atoms with Gasteiger partial charge in [0.25, 0.3) is 0 Å². The van der Waals surface area contributed by atoms with Crippen LogP contribution in [0.5, 0.6) is 0 Å². The number of anilines is 1. The van der Waals surface area contributed by atoms with Crippen molar-refractivity contribution < 1.29 is 0 Å². The van der Waals surface area contributed by atoms with E-state index in [1.165, 1.54) is 0 Å². The third-order valence-corrected chi connectivity index (χ3v) is 3.82. The topological polar surface area (TPSA) is 34.0 Å². The van der Waals surface area contributed by atoms with Crippen molar-refractivity contribution in [1.82, 2.24) is 14.5 Å². The number of imidazole rings is 1. The Morgan fingerprint density at radius 1 is 1.25 bits per heavy atom. The number of pyridine rings is 1. The van der Waals surface area contributed by atoms with Gasteiger partial charge in [-0.15, -0.1) is 0 Å². The number of nitrogens with zero attached hydrogens (tertiary/aromatic N) is 4. The van der Waals surface area contributed by atoms with E-state index in [-0.39, 0.29) is 0 Å². The Balaban J connectivity index is 1.91.